The summed E-state index contributed by atoms with van der Waals surface area (Å²) < 4.78 is 0.955. The van der Waals surface area contributed by atoms with Crippen LogP contribution in [0.15, 0.2) is 53.3 Å². The Hall–Kier alpha value is -1.72. The molecule has 0 aliphatic heterocycles. The van der Waals surface area contributed by atoms with Gasteiger partial charge >= 0.3 is 0 Å². The van der Waals surface area contributed by atoms with Crippen molar-refractivity contribution in [2.75, 3.05) is 6.54 Å². The van der Waals surface area contributed by atoms with Crippen LogP contribution in [-0.2, 0) is 16.8 Å². The van der Waals surface area contributed by atoms with E-state index in [0.717, 1.165) is 28.4 Å². The summed E-state index contributed by atoms with van der Waals surface area (Å²) in [5, 5.41) is 13.3. The highest BCUT2D eigenvalue weighted by atomic mass is 79.9. The predicted molar refractivity (Wildman–Crippen MR) is 93.9 cm³/mol. The second kappa shape index (κ2) is 8.22. The third-order valence-electron chi connectivity index (χ3n) is 3.69. The van der Waals surface area contributed by atoms with Gasteiger partial charge in [0, 0.05) is 23.3 Å². The molecule has 4 nitrogen and oxygen atoms in total. The third kappa shape index (κ3) is 5.77. The van der Waals surface area contributed by atoms with Gasteiger partial charge in [-0.3, -0.25) is 9.78 Å². The van der Waals surface area contributed by atoms with Crippen LogP contribution in [0.4, 0.5) is 0 Å². The molecule has 0 saturated heterocycles. The number of halogens is 1. The first-order valence-corrected chi connectivity index (χ1v) is 8.41. The Labute approximate surface area is 145 Å². The van der Waals surface area contributed by atoms with Crippen molar-refractivity contribution in [3.8, 4) is 0 Å². The van der Waals surface area contributed by atoms with Crippen molar-refractivity contribution in [3.63, 3.8) is 0 Å². The van der Waals surface area contributed by atoms with E-state index in [1.165, 1.54) is 0 Å². The fourth-order valence-corrected chi connectivity index (χ4v) is 2.53. The zero-order valence-corrected chi connectivity index (χ0v) is 14.7. The van der Waals surface area contributed by atoms with Crippen LogP contribution in [0.3, 0.4) is 0 Å². The van der Waals surface area contributed by atoms with Crippen LogP contribution in [0.1, 0.15) is 30.9 Å². The summed E-state index contributed by atoms with van der Waals surface area (Å²) in [7, 11) is 0. The summed E-state index contributed by atoms with van der Waals surface area (Å²) in [6.07, 6.45) is 5.57. The molecule has 1 aromatic carbocycles. The first-order chi connectivity index (χ1) is 11.0. The van der Waals surface area contributed by atoms with Crippen molar-refractivity contribution < 1.29 is 9.90 Å². The number of nitrogens with zero attached hydrogens (tertiary/aromatic N) is 1. The third-order valence-corrected chi connectivity index (χ3v) is 4.22. The lowest BCUT2D eigenvalue weighted by Crippen LogP contribution is -2.38. The van der Waals surface area contributed by atoms with Gasteiger partial charge in [-0.15, -0.1) is 0 Å². The highest BCUT2D eigenvalue weighted by Crippen LogP contribution is 2.21. The maximum absolute atomic E-state index is 11.9. The average molecular weight is 377 g/mol. The Morgan fingerprint density at radius 1 is 1.30 bits per heavy atom. The molecule has 0 fully saturated rings. The number of aliphatic hydroxyl groups is 1. The van der Waals surface area contributed by atoms with E-state index in [1.807, 2.05) is 42.6 Å². The van der Waals surface area contributed by atoms with Gasteiger partial charge in [0.15, 0.2) is 0 Å². The molecular weight excluding hydrogens is 356 g/mol. The Morgan fingerprint density at radius 3 is 2.70 bits per heavy atom. The lowest BCUT2D eigenvalue weighted by Gasteiger charge is -2.24. The van der Waals surface area contributed by atoms with Crippen molar-refractivity contribution in [2.24, 2.45) is 0 Å². The fraction of sp³-hybridized carbons (Fsp3) is 0.333. The topological polar surface area (TPSA) is 62.2 Å². The smallest absolute Gasteiger partial charge is 0.220 e. The second-order valence-corrected chi connectivity index (χ2v) is 6.69. The molecule has 0 radical (unpaired) electrons. The van der Waals surface area contributed by atoms with Gasteiger partial charge in [-0.25, -0.2) is 0 Å². The molecule has 1 amide bonds. The first kappa shape index (κ1) is 17.6. The van der Waals surface area contributed by atoms with Crippen LogP contribution in [0.2, 0.25) is 0 Å². The molecule has 1 heterocycles. The lowest BCUT2D eigenvalue weighted by atomic mass is 9.96. The van der Waals surface area contributed by atoms with Gasteiger partial charge in [0.05, 0.1) is 6.54 Å². The van der Waals surface area contributed by atoms with Crippen LogP contribution >= 0.6 is 15.9 Å². The lowest BCUT2D eigenvalue weighted by molar-refractivity contribution is -0.122. The van der Waals surface area contributed by atoms with Crippen LogP contribution in [-0.4, -0.2) is 22.5 Å². The van der Waals surface area contributed by atoms with E-state index < -0.39 is 5.60 Å². The van der Waals surface area contributed by atoms with Crippen molar-refractivity contribution >= 4 is 21.8 Å². The maximum Gasteiger partial charge on any atom is 0.220 e. The average Bonchev–Trinajstić information content (AvgIpc) is 2.54. The quantitative estimate of drug-likeness (QED) is 0.779. The van der Waals surface area contributed by atoms with E-state index in [-0.39, 0.29) is 12.5 Å². The Morgan fingerprint density at radius 2 is 2.04 bits per heavy atom. The summed E-state index contributed by atoms with van der Waals surface area (Å²) in [4.78, 5) is 16.0. The molecule has 2 N–H and O–H groups in total. The molecule has 0 saturated carbocycles. The monoisotopic (exact) mass is 376 g/mol. The molecule has 5 heteroatoms. The van der Waals surface area contributed by atoms with Crippen LogP contribution in [0.5, 0.6) is 0 Å². The number of aromatic nitrogens is 1. The molecule has 2 rings (SSSR count). The summed E-state index contributed by atoms with van der Waals surface area (Å²) in [5.74, 6) is -0.0497. The zero-order valence-electron chi connectivity index (χ0n) is 13.1. The number of carbonyl (C=O) groups is 1. The van der Waals surface area contributed by atoms with Gasteiger partial charge in [0.2, 0.25) is 5.91 Å². The number of pyridine rings is 1. The van der Waals surface area contributed by atoms with Crippen LogP contribution in [0.25, 0.3) is 0 Å². The van der Waals surface area contributed by atoms with Crippen molar-refractivity contribution in [1.29, 1.82) is 0 Å². The van der Waals surface area contributed by atoms with Gasteiger partial charge in [0.1, 0.15) is 5.60 Å². The molecule has 1 unspecified atom stereocenters. The normalized spacial score (nSPS) is 13.3. The highest BCUT2D eigenvalue weighted by molar-refractivity contribution is 9.10. The van der Waals surface area contributed by atoms with Crippen molar-refractivity contribution in [1.82, 2.24) is 10.3 Å². The molecule has 0 aliphatic rings. The number of amides is 1. The molecule has 1 atom stereocenters. The van der Waals surface area contributed by atoms with E-state index in [4.69, 9.17) is 0 Å². The minimum Gasteiger partial charge on any atom is -0.384 e. The number of nitrogens with one attached hydrogen (secondary N) is 1. The molecule has 0 spiro atoms. The number of carbonyl (C=O) groups excluding carboxylic acids is 1. The SMILES string of the molecule is CC(O)(CNC(=O)CCCc1cccnc1)c1ccc(Br)cc1. The first-order valence-electron chi connectivity index (χ1n) is 7.61. The molecule has 2 aromatic rings. The number of hydrogen-bond acceptors (Lipinski definition) is 3. The summed E-state index contributed by atoms with van der Waals surface area (Å²) in [5.41, 5.74) is 0.818. The number of hydrogen-bond donors (Lipinski definition) is 2. The van der Waals surface area contributed by atoms with E-state index in [1.54, 1.807) is 13.1 Å². The minimum absolute atomic E-state index is 0.0497. The van der Waals surface area contributed by atoms with Gasteiger partial charge in [-0.1, -0.05) is 34.1 Å². The van der Waals surface area contributed by atoms with Gasteiger partial charge in [-0.05, 0) is 49.1 Å². The van der Waals surface area contributed by atoms with Gasteiger partial charge in [-0.2, -0.15) is 0 Å². The Bertz CT molecular complexity index is 627. The Balaban J connectivity index is 1.76. The van der Waals surface area contributed by atoms with E-state index >= 15 is 0 Å². The van der Waals surface area contributed by atoms with Crippen LogP contribution < -0.4 is 5.32 Å². The molecule has 23 heavy (non-hydrogen) atoms. The van der Waals surface area contributed by atoms with Crippen molar-refractivity contribution in [2.45, 2.75) is 31.8 Å². The number of rotatable bonds is 7. The molecule has 0 bridgehead atoms. The molecule has 1 aromatic heterocycles. The van der Waals surface area contributed by atoms with Crippen LogP contribution in [0, 0.1) is 0 Å². The second-order valence-electron chi connectivity index (χ2n) is 5.77. The van der Waals surface area contributed by atoms with E-state index in [0.29, 0.717) is 6.42 Å². The summed E-state index contributed by atoms with van der Waals surface area (Å²) >= 11 is 3.37. The number of benzene rings is 1. The summed E-state index contributed by atoms with van der Waals surface area (Å²) in [6.45, 7) is 1.90. The Kier molecular flexibility index (Phi) is 6.30. The highest BCUT2D eigenvalue weighted by Gasteiger charge is 2.23. The standard InChI is InChI=1S/C18H21BrN2O2/c1-18(23,15-7-9-16(19)10-8-15)13-21-17(22)6-2-4-14-5-3-11-20-12-14/h3,5,7-12,23H,2,4,6,13H2,1H3,(H,21,22). The van der Waals surface area contributed by atoms with Crippen molar-refractivity contribution in [3.05, 3.63) is 64.4 Å². The fourth-order valence-electron chi connectivity index (χ4n) is 2.27. The zero-order chi connectivity index (χ0) is 16.7. The molecule has 122 valence electrons. The molecular formula is C18H21BrN2O2. The van der Waals surface area contributed by atoms with E-state index in [9.17, 15) is 9.90 Å². The minimum atomic E-state index is -1.08. The molecule has 0 aliphatic carbocycles. The van der Waals surface area contributed by atoms with Gasteiger partial charge in [0.25, 0.3) is 0 Å². The summed E-state index contributed by atoms with van der Waals surface area (Å²) in [6, 6.07) is 11.3. The van der Waals surface area contributed by atoms with E-state index in [2.05, 4.69) is 26.2 Å². The number of aryl methyl sites for hydroxylation is 1. The van der Waals surface area contributed by atoms with Gasteiger partial charge < -0.3 is 10.4 Å². The maximum atomic E-state index is 11.9. The predicted octanol–water partition coefficient (Wildman–Crippen LogP) is 3.19. The largest absolute Gasteiger partial charge is 0.384 e.